The molecule has 29 aromatic rings. The normalized spacial score (nSPS) is 12.0. The summed E-state index contributed by atoms with van der Waals surface area (Å²) in [5, 5.41) is 27.7. The Balaban J connectivity index is 0.574. The Morgan fingerprint density at radius 1 is 0.129 bits per heavy atom. The first-order chi connectivity index (χ1) is 68.9. The molecule has 0 saturated heterocycles. The third-order valence-corrected chi connectivity index (χ3v) is 32.4. The standard InChI is InChI=1S/C133H77N3S3/c1-4-28-80(29-5-1)119-95-36-12-14-38-97(95)121(98-39-15-13-37-96(98)119)83-55-59-86(60-56-83)125-111-74-89(66-71-114(111)135-131-128(125)107-47-23-25-50-116(107)137-131)92-65-70-109-118(77-92)139-133-130(109)126(87-61-57-84(58-62-87)122-101-42-18-20-44-103(101)127(104-45-21-19-43-102(104)122)94-48-26-34-79-27-10-11-35-93(79)94)112-75-90(67-72-115(112)136-133)91-64-69-108-117(76-91)138-132-129(108)124(106-46-22-24-49-113(106)134-132)85-53-51-78(52-54-85)88-63-68-105-110(73-88)123(82-32-8-3-9-33-82)100-41-17-16-40-99(100)120(105)81-30-6-2-7-31-81/h1-77H. The number of rotatable bonds is 12. The molecule has 0 bridgehead atoms. The van der Waals surface area contributed by atoms with Gasteiger partial charge in [0, 0.05) is 79.3 Å². The highest BCUT2D eigenvalue weighted by Crippen LogP contribution is 2.55. The number of thiophene rings is 3. The Hall–Kier alpha value is -17.2. The Labute approximate surface area is 812 Å². The van der Waals surface area contributed by atoms with Crippen molar-refractivity contribution in [3.8, 4) is 134 Å². The van der Waals surface area contributed by atoms with E-state index in [1.807, 2.05) is 0 Å². The second-order valence-electron chi connectivity index (χ2n) is 36.8. The summed E-state index contributed by atoms with van der Waals surface area (Å²) in [5.41, 5.74) is 31.4. The van der Waals surface area contributed by atoms with Crippen LogP contribution >= 0.6 is 34.0 Å². The zero-order chi connectivity index (χ0) is 91.0. The lowest BCUT2D eigenvalue weighted by Gasteiger charge is -2.19. The van der Waals surface area contributed by atoms with Gasteiger partial charge in [0.15, 0.2) is 0 Å². The van der Waals surface area contributed by atoms with Crippen molar-refractivity contribution in [2.75, 3.05) is 0 Å². The molecule has 0 N–H and O–H groups in total. The topological polar surface area (TPSA) is 38.7 Å². The molecule has 6 heteroatoms. The molecule has 6 aromatic heterocycles. The van der Waals surface area contributed by atoms with Crippen LogP contribution in [0.2, 0.25) is 0 Å². The molecule has 23 aromatic carbocycles. The van der Waals surface area contributed by atoms with Crippen LogP contribution < -0.4 is 0 Å². The lowest BCUT2D eigenvalue weighted by Crippen LogP contribution is -1.92. The quantitative estimate of drug-likeness (QED) is 0.114. The largest absolute Gasteiger partial charge is 0.237 e. The van der Waals surface area contributed by atoms with Gasteiger partial charge in [-0.25, -0.2) is 15.0 Å². The number of fused-ring (bicyclic) bond motifs is 19. The van der Waals surface area contributed by atoms with Crippen LogP contribution in [-0.4, -0.2) is 15.0 Å². The van der Waals surface area contributed by atoms with Gasteiger partial charge < -0.3 is 0 Å². The molecule has 139 heavy (non-hydrogen) atoms. The van der Waals surface area contributed by atoms with E-state index in [-0.39, 0.29) is 0 Å². The van der Waals surface area contributed by atoms with Crippen molar-refractivity contribution in [1.29, 1.82) is 0 Å². The van der Waals surface area contributed by atoms with Gasteiger partial charge in [0.05, 0.1) is 16.6 Å². The Bertz CT molecular complexity index is 10100. The zero-order valence-electron chi connectivity index (χ0n) is 75.0. The van der Waals surface area contributed by atoms with Gasteiger partial charge in [-0.1, -0.05) is 413 Å². The second kappa shape index (κ2) is 31.7. The summed E-state index contributed by atoms with van der Waals surface area (Å²) in [4.78, 5) is 19.8. The molecule has 0 saturated carbocycles. The van der Waals surface area contributed by atoms with Crippen LogP contribution in [0.25, 0.3) is 303 Å². The van der Waals surface area contributed by atoms with Gasteiger partial charge in [0.2, 0.25) is 0 Å². The minimum atomic E-state index is 0.943. The average Bonchev–Trinajstić information content (AvgIpc) is 1.60. The minimum Gasteiger partial charge on any atom is -0.237 e. The first kappa shape index (κ1) is 79.2. The second-order valence-corrected chi connectivity index (χ2v) is 39.9. The molecule has 6 heterocycles. The molecule has 0 aliphatic rings. The zero-order valence-corrected chi connectivity index (χ0v) is 77.5. The Morgan fingerprint density at radius 2 is 0.381 bits per heavy atom. The molecule has 0 spiro atoms. The van der Waals surface area contributed by atoms with Gasteiger partial charge in [-0.3, -0.25) is 0 Å². The van der Waals surface area contributed by atoms with E-state index in [0.29, 0.717) is 0 Å². The van der Waals surface area contributed by atoms with Crippen molar-refractivity contribution in [3.05, 3.63) is 467 Å². The van der Waals surface area contributed by atoms with E-state index >= 15 is 0 Å². The summed E-state index contributed by atoms with van der Waals surface area (Å²) in [6.45, 7) is 0. The number of aromatic nitrogens is 3. The first-order valence-electron chi connectivity index (χ1n) is 47.6. The van der Waals surface area contributed by atoms with Crippen LogP contribution in [0.3, 0.4) is 0 Å². The molecule has 0 atom stereocenters. The molecule has 3 nitrogen and oxygen atoms in total. The van der Waals surface area contributed by atoms with Crippen LogP contribution in [0, 0.1) is 0 Å². The number of benzene rings is 23. The van der Waals surface area contributed by atoms with Crippen LogP contribution in [0.1, 0.15) is 0 Å². The van der Waals surface area contributed by atoms with E-state index in [2.05, 4.69) is 467 Å². The lowest BCUT2D eigenvalue weighted by atomic mass is 9.84. The highest BCUT2D eigenvalue weighted by molar-refractivity contribution is 7.26. The summed E-state index contributed by atoms with van der Waals surface area (Å²) in [6, 6.07) is 174. The highest BCUT2D eigenvalue weighted by Gasteiger charge is 2.28. The third-order valence-electron chi connectivity index (χ3n) is 29.3. The summed E-state index contributed by atoms with van der Waals surface area (Å²) in [6.07, 6.45) is 0. The fourth-order valence-electron chi connectivity index (χ4n) is 23.1. The van der Waals surface area contributed by atoms with Gasteiger partial charge in [0.25, 0.3) is 0 Å². The summed E-state index contributed by atoms with van der Waals surface area (Å²) in [7, 11) is 0. The van der Waals surface area contributed by atoms with Gasteiger partial charge in [0.1, 0.15) is 14.5 Å². The number of nitrogens with zero attached hydrogens (tertiary/aromatic N) is 3. The van der Waals surface area contributed by atoms with Crippen molar-refractivity contribution < 1.29 is 0 Å². The minimum absolute atomic E-state index is 0.943. The third kappa shape index (κ3) is 12.6. The molecule has 0 aliphatic carbocycles. The molecule has 0 amide bonds. The van der Waals surface area contributed by atoms with E-state index in [9.17, 15) is 0 Å². The molecular weight excluding hydrogens is 1740 g/mol. The van der Waals surface area contributed by atoms with Crippen molar-refractivity contribution in [2.24, 2.45) is 0 Å². The van der Waals surface area contributed by atoms with Crippen molar-refractivity contribution in [1.82, 2.24) is 15.0 Å². The van der Waals surface area contributed by atoms with E-state index in [1.165, 1.54) is 194 Å². The molecule has 0 unspecified atom stereocenters. The summed E-state index contributed by atoms with van der Waals surface area (Å²) >= 11 is 5.33. The SMILES string of the molecule is c1ccc(-c2c3ccccc3c(-c3ccc(-c4c5cc(-c6ccc7c(c6)sc6nc8ccc(-c9ccc%10c(c9)sc9nc%11ccccc%11c(-c%11ccc(-c%12ccc%13c(-c%14ccccc%14)c%14ccccc%14c(-c%14ccccc%14)c%13c%12)cc%11)c9%10)cc8c(-c8ccc(-c9c%10ccccc%10c(-c%10cccc%11ccccc%10%11)c%10ccccc9%10)cc8)c67)ccc5nc5sc6ccccc6c45)cc3)c3ccccc23)cc1. The Kier molecular flexibility index (Phi) is 18.1. The molecular formula is C133H77N3S3. The van der Waals surface area contributed by atoms with Crippen LogP contribution in [0.15, 0.2) is 467 Å². The van der Waals surface area contributed by atoms with Crippen molar-refractivity contribution in [3.63, 3.8) is 0 Å². The predicted molar refractivity (Wildman–Crippen MR) is 599 cm³/mol. The molecule has 0 fully saturated rings. The average molecular weight is 1810 g/mol. The molecule has 0 aliphatic heterocycles. The number of hydrogen-bond acceptors (Lipinski definition) is 6. The number of pyridine rings is 3. The highest BCUT2D eigenvalue weighted by atomic mass is 32.1. The predicted octanol–water partition coefficient (Wildman–Crippen LogP) is 38.5. The fourth-order valence-corrected chi connectivity index (χ4v) is 26.5. The maximum Gasteiger partial charge on any atom is 0.125 e. The Morgan fingerprint density at radius 3 is 0.806 bits per heavy atom. The molecule has 29 rings (SSSR count). The van der Waals surface area contributed by atoms with Gasteiger partial charge in [-0.2, -0.15) is 0 Å². The molecule has 0 radical (unpaired) electrons. The smallest absolute Gasteiger partial charge is 0.125 e. The lowest BCUT2D eigenvalue weighted by molar-refractivity contribution is 1.53. The van der Waals surface area contributed by atoms with Crippen molar-refractivity contribution >= 4 is 203 Å². The van der Waals surface area contributed by atoms with E-state index in [0.717, 1.165) is 108 Å². The summed E-state index contributed by atoms with van der Waals surface area (Å²) < 4.78 is 3.57. The maximum absolute atomic E-state index is 5.75. The van der Waals surface area contributed by atoms with E-state index in [4.69, 9.17) is 15.0 Å². The summed E-state index contributed by atoms with van der Waals surface area (Å²) in [5.74, 6) is 0. The van der Waals surface area contributed by atoms with Gasteiger partial charge in [-0.15, -0.1) is 34.0 Å². The fraction of sp³-hybridized carbons (Fsp3) is 0. The van der Waals surface area contributed by atoms with E-state index in [1.54, 1.807) is 34.0 Å². The van der Waals surface area contributed by atoms with Crippen molar-refractivity contribution in [2.45, 2.75) is 0 Å². The first-order valence-corrected chi connectivity index (χ1v) is 50.0. The van der Waals surface area contributed by atoms with Gasteiger partial charge >= 0.3 is 0 Å². The van der Waals surface area contributed by atoms with E-state index < -0.39 is 0 Å². The monoisotopic (exact) mass is 1810 g/mol. The number of para-hydroxylation sites is 1. The maximum atomic E-state index is 5.75. The van der Waals surface area contributed by atoms with Crippen LogP contribution in [-0.2, 0) is 0 Å². The number of hydrogen-bond donors (Lipinski definition) is 0. The van der Waals surface area contributed by atoms with Crippen LogP contribution in [0.4, 0.5) is 0 Å². The molecule has 642 valence electrons. The van der Waals surface area contributed by atoms with Gasteiger partial charge in [-0.05, 0) is 247 Å². The van der Waals surface area contributed by atoms with Crippen LogP contribution in [0.5, 0.6) is 0 Å².